The molecule has 1 aromatic heterocycles. The van der Waals surface area contributed by atoms with Gasteiger partial charge in [0, 0.05) is 27.4 Å². The first-order valence-electron chi connectivity index (χ1n) is 13.0. The third-order valence-electron chi connectivity index (χ3n) is 5.99. The van der Waals surface area contributed by atoms with Crippen molar-refractivity contribution in [3.8, 4) is 28.1 Å². The van der Waals surface area contributed by atoms with E-state index in [2.05, 4.69) is 4.99 Å². The number of sulfonamides is 1. The molecule has 224 valence electrons. The van der Waals surface area contributed by atoms with E-state index in [1.807, 2.05) is 24.3 Å². The molecule has 0 radical (unpaired) electrons. The number of pyridine rings is 1. The number of amides is 1. The summed E-state index contributed by atoms with van der Waals surface area (Å²) in [6, 6.07) is 21.7. The van der Waals surface area contributed by atoms with Crippen molar-refractivity contribution in [2.45, 2.75) is 37.8 Å². The standard InChI is InChI=1S/C31H30Cl2N4O5S/c1-31(2,3)42-30(38)37(43(39,40)24-8-6-5-7-9-24)29(34)36-19-20-16-26(21-10-12-22(32)13-11-21)28(35-18-20)25-15-14-23(33)17-27(25)41-4/h5-18H,19H2,1-4H3,(H2,34,36). The van der Waals surface area contributed by atoms with Crippen molar-refractivity contribution < 1.29 is 22.7 Å². The van der Waals surface area contributed by atoms with Gasteiger partial charge in [0.2, 0.25) is 5.96 Å². The quantitative estimate of drug-likeness (QED) is 0.168. The average Bonchev–Trinajstić information content (AvgIpc) is 2.96. The van der Waals surface area contributed by atoms with E-state index >= 15 is 0 Å². The van der Waals surface area contributed by atoms with Crippen LogP contribution in [-0.2, 0) is 21.3 Å². The van der Waals surface area contributed by atoms with Crippen LogP contribution in [0.4, 0.5) is 4.79 Å². The smallest absolute Gasteiger partial charge is 0.431 e. The van der Waals surface area contributed by atoms with Crippen molar-refractivity contribution in [1.82, 2.24) is 9.29 Å². The molecule has 1 amide bonds. The number of carbonyl (C=O) groups excluding carboxylic acids is 1. The van der Waals surface area contributed by atoms with E-state index < -0.39 is 27.7 Å². The minimum atomic E-state index is -4.44. The first-order chi connectivity index (χ1) is 20.3. The minimum absolute atomic E-state index is 0.0962. The van der Waals surface area contributed by atoms with Gasteiger partial charge in [-0.1, -0.05) is 53.5 Å². The van der Waals surface area contributed by atoms with Crippen LogP contribution >= 0.6 is 23.2 Å². The molecule has 0 unspecified atom stereocenters. The maximum atomic E-state index is 13.5. The van der Waals surface area contributed by atoms with E-state index in [1.54, 1.807) is 64.4 Å². The number of aromatic nitrogens is 1. The van der Waals surface area contributed by atoms with Crippen molar-refractivity contribution in [3.05, 3.63) is 101 Å². The number of nitrogens with two attached hydrogens (primary N) is 1. The molecule has 4 rings (SSSR count). The van der Waals surface area contributed by atoms with Crippen molar-refractivity contribution in [1.29, 1.82) is 0 Å². The lowest BCUT2D eigenvalue weighted by molar-refractivity contribution is 0.0463. The number of ether oxygens (including phenoxy) is 2. The highest BCUT2D eigenvalue weighted by Crippen LogP contribution is 2.38. The molecule has 2 N–H and O–H groups in total. The fourth-order valence-electron chi connectivity index (χ4n) is 4.07. The zero-order chi connectivity index (χ0) is 31.4. The Morgan fingerprint density at radius 3 is 2.23 bits per heavy atom. The van der Waals surface area contributed by atoms with Gasteiger partial charge in [-0.3, -0.25) is 4.98 Å². The van der Waals surface area contributed by atoms with Gasteiger partial charge in [0.15, 0.2) is 0 Å². The fraction of sp³-hybridized carbons (Fsp3) is 0.194. The number of rotatable bonds is 7. The fourth-order valence-corrected chi connectivity index (χ4v) is 5.61. The van der Waals surface area contributed by atoms with E-state index in [9.17, 15) is 13.2 Å². The zero-order valence-corrected chi connectivity index (χ0v) is 26.2. The lowest BCUT2D eigenvalue weighted by atomic mass is 9.97. The topological polar surface area (TPSA) is 124 Å². The molecule has 0 fully saturated rings. The number of halogens is 2. The Balaban J connectivity index is 1.77. The molecule has 0 aliphatic heterocycles. The number of aliphatic imine (C=N–C) groups is 1. The molecule has 0 spiro atoms. The molecule has 0 saturated heterocycles. The van der Waals surface area contributed by atoms with E-state index in [1.165, 1.54) is 24.3 Å². The maximum Gasteiger partial charge on any atom is 0.431 e. The average molecular weight is 642 g/mol. The van der Waals surface area contributed by atoms with Gasteiger partial charge in [-0.05, 0) is 80.4 Å². The number of methoxy groups -OCH3 is 1. The van der Waals surface area contributed by atoms with Gasteiger partial charge >= 0.3 is 6.09 Å². The summed E-state index contributed by atoms with van der Waals surface area (Å²) < 4.78 is 38.3. The molecule has 0 bridgehead atoms. The third-order valence-corrected chi connectivity index (χ3v) is 8.16. The van der Waals surface area contributed by atoms with Gasteiger partial charge in [0.05, 0.1) is 24.2 Å². The largest absolute Gasteiger partial charge is 0.496 e. The lowest BCUT2D eigenvalue weighted by Crippen LogP contribution is -2.48. The number of guanidine groups is 1. The Bertz CT molecular complexity index is 1760. The molecule has 3 aromatic carbocycles. The summed E-state index contributed by atoms with van der Waals surface area (Å²) in [6.07, 6.45) is 0.408. The first kappa shape index (κ1) is 31.8. The number of benzene rings is 3. The Hall–Kier alpha value is -4.12. The van der Waals surface area contributed by atoms with Crippen LogP contribution in [0.1, 0.15) is 26.3 Å². The highest BCUT2D eigenvalue weighted by molar-refractivity contribution is 7.90. The van der Waals surface area contributed by atoms with Crippen LogP contribution < -0.4 is 10.5 Å². The van der Waals surface area contributed by atoms with Crippen LogP contribution in [0.15, 0.2) is 94.9 Å². The molecule has 0 saturated carbocycles. The maximum absolute atomic E-state index is 13.5. The van der Waals surface area contributed by atoms with Gasteiger partial charge in [-0.25, -0.2) is 18.2 Å². The summed E-state index contributed by atoms with van der Waals surface area (Å²) >= 11 is 12.3. The Morgan fingerprint density at radius 2 is 1.60 bits per heavy atom. The van der Waals surface area contributed by atoms with Gasteiger partial charge in [0.1, 0.15) is 11.4 Å². The van der Waals surface area contributed by atoms with Crippen LogP contribution in [-0.4, -0.2) is 42.5 Å². The molecule has 43 heavy (non-hydrogen) atoms. The predicted octanol–water partition coefficient (Wildman–Crippen LogP) is 7.17. The summed E-state index contributed by atoms with van der Waals surface area (Å²) in [6.45, 7) is 4.76. The molecule has 0 atom stereocenters. The summed E-state index contributed by atoms with van der Waals surface area (Å²) in [5.41, 5.74) is 8.63. The molecular weight excluding hydrogens is 611 g/mol. The van der Waals surface area contributed by atoms with Crippen LogP contribution in [0.3, 0.4) is 0 Å². The van der Waals surface area contributed by atoms with Crippen molar-refractivity contribution >= 4 is 45.3 Å². The van der Waals surface area contributed by atoms with Crippen molar-refractivity contribution in [2.75, 3.05) is 7.11 Å². The lowest BCUT2D eigenvalue weighted by Gasteiger charge is -2.26. The molecule has 4 aromatic rings. The number of hydrogen-bond donors (Lipinski definition) is 1. The van der Waals surface area contributed by atoms with Gasteiger partial charge in [-0.15, -0.1) is 4.31 Å². The Kier molecular flexibility index (Phi) is 9.64. The normalized spacial score (nSPS) is 12.1. The Morgan fingerprint density at radius 1 is 0.953 bits per heavy atom. The zero-order valence-electron chi connectivity index (χ0n) is 23.9. The predicted molar refractivity (Wildman–Crippen MR) is 169 cm³/mol. The van der Waals surface area contributed by atoms with Gasteiger partial charge < -0.3 is 15.2 Å². The van der Waals surface area contributed by atoms with E-state index in [0.717, 1.165) is 11.1 Å². The highest BCUT2D eigenvalue weighted by atomic mass is 35.5. The summed E-state index contributed by atoms with van der Waals surface area (Å²) in [5, 5.41) is 1.08. The number of nitrogens with zero attached hydrogens (tertiary/aromatic N) is 3. The summed E-state index contributed by atoms with van der Waals surface area (Å²) in [7, 11) is -2.89. The highest BCUT2D eigenvalue weighted by Gasteiger charge is 2.36. The molecule has 0 aliphatic carbocycles. The molecule has 12 heteroatoms. The van der Waals surface area contributed by atoms with Gasteiger partial charge in [-0.2, -0.15) is 0 Å². The van der Waals surface area contributed by atoms with Gasteiger partial charge in [0.25, 0.3) is 10.0 Å². The summed E-state index contributed by atoms with van der Waals surface area (Å²) in [5.74, 6) is -0.0288. The van der Waals surface area contributed by atoms with E-state index in [-0.39, 0.29) is 11.4 Å². The van der Waals surface area contributed by atoms with E-state index in [4.69, 9.17) is 43.4 Å². The monoisotopic (exact) mass is 640 g/mol. The molecule has 1 heterocycles. The second-order valence-electron chi connectivity index (χ2n) is 10.3. The molecule has 0 aliphatic rings. The van der Waals surface area contributed by atoms with Crippen molar-refractivity contribution in [3.63, 3.8) is 0 Å². The molecule has 9 nitrogen and oxygen atoms in total. The third kappa shape index (κ3) is 7.64. The second-order valence-corrected chi connectivity index (χ2v) is 13.0. The summed E-state index contributed by atoms with van der Waals surface area (Å²) in [4.78, 5) is 21.9. The number of hydrogen-bond acceptors (Lipinski definition) is 7. The Labute approximate surface area is 260 Å². The SMILES string of the molecule is COc1cc(Cl)ccc1-c1ncc(CN=C(N)N(C(=O)OC(C)(C)C)S(=O)(=O)c2ccccc2)cc1-c1ccc(Cl)cc1. The second kappa shape index (κ2) is 13.0. The first-order valence-corrected chi connectivity index (χ1v) is 15.2. The van der Waals surface area contributed by atoms with Crippen LogP contribution in [0.2, 0.25) is 10.0 Å². The van der Waals surface area contributed by atoms with Crippen LogP contribution in [0.5, 0.6) is 5.75 Å². The van der Waals surface area contributed by atoms with Crippen LogP contribution in [0.25, 0.3) is 22.4 Å². The van der Waals surface area contributed by atoms with Crippen LogP contribution in [0, 0.1) is 0 Å². The number of carbonyl (C=O) groups is 1. The van der Waals surface area contributed by atoms with Crippen molar-refractivity contribution in [2.24, 2.45) is 10.7 Å². The minimum Gasteiger partial charge on any atom is -0.496 e. The van der Waals surface area contributed by atoms with E-state index in [0.29, 0.717) is 36.9 Å². The molecular formula is C31H30Cl2N4O5S.